The van der Waals surface area contributed by atoms with Crippen molar-refractivity contribution in [1.82, 2.24) is 4.98 Å². The largest absolute Gasteiger partial charge is 0.444 e. The summed E-state index contributed by atoms with van der Waals surface area (Å²) < 4.78 is 33.9. The number of benzene rings is 2. The third kappa shape index (κ3) is 3.73. The van der Waals surface area contributed by atoms with Crippen LogP contribution in [-0.4, -0.2) is 13.4 Å². The lowest BCUT2D eigenvalue weighted by Gasteiger charge is -2.12. The van der Waals surface area contributed by atoms with Crippen LogP contribution in [0.2, 0.25) is 5.02 Å². The van der Waals surface area contributed by atoms with Gasteiger partial charge in [0.15, 0.2) is 0 Å². The second kappa shape index (κ2) is 6.69. The molecule has 0 bridgehead atoms. The highest BCUT2D eigenvalue weighted by molar-refractivity contribution is 7.92. The lowest BCUT2D eigenvalue weighted by atomic mass is 10.2. The van der Waals surface area contributed by atoms with Gasteiger partial charge in [0.1, 0.15) is 6.26 Å². The minimum absolute atomic E-state index is 0.210. The molecule has 7 heteroatoms. The van der Waals surface area contributed by atoms with Crippen molar-refractivity contribution in [3.05, 3.63) is 64.5 Å². The fourth-order valence-electron chi connectivity index (χ4n) is 2.96. The van der Waals surface area contributed by atoms with Crippen LogP contribution >= 0.6 is 11.6 Å². The molecule has 1 heterocycles. The molecule has 1 fully saturated rings. The summed E-state index contributed by atoms with van der Waals surface area (Å²) in [4.78, 5) is 4.73. The molecule has 0 spiro atoms. The van der Waals surface area contributed by atoms with Gasteiger partial charge < -0.3 is 4.42 Å². The third-order valence-corrected chi connectivity index (χ3v) is 6.56. The maximum absolute atomic E-state index is 12.8. The Bertz CT molecular complexity index is 1120. The van der Waals surface area contributed by atoms with Crippen LogP contribution in [0.3, 0.4) is 0 Å². The molecule has 5 nitrogen and oxygen atoms in total. The highest BCUT2D eigenvalue weighted by atomic mass is 35.5. The van der Waals surface area contributed by atoms with E-state index in [0.717, 1.165) is 24.1 Å². The monoisotopic (exact) mass is 402 g/mol. The average Bonchev–Trinajstić information content (AvgIpc) is 3.35. The van der Waals surface area contributed by atoms with Gasteiger partial charge in [-0.05, 0) is 68.1 Å². The Balaban J connectivity index is 1.63. The standard InChI is InChI=1S/C20H19ClN2O3S/c1-12-9-19(13(2)8-17(12)21)27(24,25)23-16-5-3-4-15(10-16)20-22-18(11-26-20)14-6-7-14/h3-5,8-11,14,23H,6-7H2,1-2H3. The van der Waals surface area contributed by atoms with Gasteiger partial charge in [-0.25, -0.2) is 13.4 Å². The summed E-state index contributed by atoms with van der Waals surface area (Å²) in [5.41, 5.74) is 3.44. The minimum atomic E-state index is -3.74. The molecule has 0 radical (unpaired) electrons. The molecular weight excluding hydrogens is 384 g/mol. The zero-order valence-corrected chi connectivity index (χ0v) is 16.6. The lowest BCUT2D eigenvalue weighted by Crippen LogP contribution is -2.14. The minimum Gasteiger partial charge on any atom is -0.444 e. The molecule has 1 aliphatic carbocycles. The number of aromatic nitrogens is 1. The fraction of sp³-hybridized carbons (Fsp3) is 0.250. The predicted molar refractivity (Wildman–Crippen MR) is 106 cm³/mol. The second-order valence-corrected chi connectivity index (χ2v) is 8.96. The predicted octanol–water partition coefficient (Wildman–Crippen LogP) is 5.29. The van der Waals surface area contributed by atoms with E-state index in [-0.39, 0.29) is 4.90 Å². The quantitative estimate of drug-likeness (QED) is 0.629. The van der Waals surface area contributed by atoms with Crippen LogP contribution in [0.5, 0.6) is 0 Å². The molecule has 1 saturated carbocycles. The van der Waals surface area contributed by atoms with Gasteiger partial charge in [0, 0.05) is 22.2 Å². The zero-order valence-electron chi connectivity index (χ0n) is 15.0. The molecule has 1 aliphatic rings. The van der Waals surface area contributed by atoms with Gasteiger partial charge in [-0.3, -0.25) is 4.72 Å². The highest BCUT2D eigenvalue weighted by Gasteiger charge is 2.27. The number of anilines is 1. The molecule has 0 unspecified atom stereocenters. The SMILES string of the molecule is Cc1cc(S(=O)(=O)Nc2cccc(-c3nc(C4CC4)co3)c2)c(C)cc1Cl. The maximum atomic E-state index is 12.8. The number of hydrogen-bond donors (Lipinski definition) is 1. The van der Waals surface area contributed by atoms with Crippen molar-refractivity contribution in [2.75, 3.05) is 4.72 Å². The van der Waals surface area contributed by atoms with E-state index in [1.165, 1.54) is 0 Å². The molecule has 0 aliphatic heterocycles. The van der Waals surface area contributed by atoms with Crippen LogP contribution < -0.4 is 4.72 Å². The third-order valence-electron chi connectivity index (χ3n) is 4.63. The molecule has 0 atom stereocenters. The first-order valence-corrected chi connectivity index (χ1v) is 10.5. The summed E-state index contributed by atoms with van der Waals surface area (Å²) >= 11 is 6.08. The number of nitrogens with zero attached hydrogens (tertiary/aromatic N) is 1. The number of halogens is 1. The first-order chi connectivity index (χ1) is 12.8. The normalized spacial score (nSPS) is 14.3. The second-order valence-electron chi connectivity index (χ2n) is 6.90. The van der Waals surface area contributed by atoms with E-state index in [2.05, 4.69) is 9.71 Å². The molecule has 1 N–H and O–H groups in total. The molecule has 1 aromatic heterocycles. The molecule has 0 amide bonds. The molecule has 27 heavy (non-hydrogen) atoms. The molecular formula is C20H19ClN2O3S. The van der Waals surface area contributed by atoms with Gasteiger partial charge in [-0.15, -0.1) is 0 Å². The summed E-state index contributed by atoms with van der Waals surface area (Å²) in [6.45, 7) is 3.50. The van der Waals surface area contributed by atoms with Crippen molar-refractivity contribution in [2.45, 2.75) is 37.5 Å². The summed E-state index contributed by atoms with van der Waals surface area (Å²) in [6.07, 6.45) is 3.97. The van der Waals surface area contributed by atoms with Crippen LogP contribution in [-0.2, 0) is 10.0 Å². The fourth-order valence-corrected chi connectivity index (χ4v) is 4.54. The number of rotatable bonds is 5. The van der Waals surface area contributed by atoms with Crippen LogP contribution in [0.4, 0.5) is 5.69 Å². The Morgan fingerprint density at radius 2 is 1.93 bits per heavy atom. The van der Waals surface area contributed by atoms with Crippen molar-refractivity contribution in [3.8, 4) is 11.5 Å². The summed E-state index contributed by atoms with van der Waals surface area (Å²) in [6, 6.07) is 10.3. The summed E-state index contributed by atoms with van der Waals surface area (Å²) in [7, 11) is -3.74. The van der Waals surface area contributed by atoms with E-state index >= 15 is 0 Å². The smallest absolute Gasteiger partial charge is 0.262 e. The lowest BCUT2D eigenvalue weighted by molar-refractivity contribution is 0.572. The first kappa shape index (κ1) is 18.1. The van der Waals surface area contributed by atoms with E-state index in [1.54, 1.807) is 50.4 Å². The van der Waals surface area contributed by atoms with Crippen molar-refractivity contribution < 1.29 is 12.8 Å². The first-order valence-electron chi connectivity index (χ1n) is 8.69. The molecule has 0 saturated heterocycles. The van der Waals surface area contributed by atoms with Gasteiger partial charge >= 0.3 is 0 Å². The Kier molecular flexibility index (Phi) is 4.48. The van der Waals surface area contributed by atoms with E-state index in [1.807, 2.05) is 6.07 Å². The number of aryl methyl sites for hydroxylation is 2. The molecule has 2 aromatic carbocycles. The van der Waals surface area contributed by atoms with E-state index < -0.39 is 10.0 Å². The Morgan fingerprint density at radius 3 is 2.67 bits per heavy atom. The number of hydrogen-bond acceptors (Lipinski definition) is 4. The Labute approximate surface area is 163 Å². The van der Waals surface area contributed by atoms with E-state index in [9.17, 15) is 8.42 Å². The highest BCUT2D eigenvalue weighted by Crippen LogP contribution is 2.40. The molecule has 140 valence electrons. The van der Waals surface area contributed by atoms with Crippen molar-refractivity contribution in [1.29, 1.82) is 0 Å². The zero-order chi connectivity index (χ0) is 19.2. The molecule has 4 rings (SSSR count). The molecule has 3 aromatic rings. The van der Waals surface area contributed by atoms with Crippen molar-refractivity contribution in [2.24, 2.45) is 0 Å². The van der Waals surface area contributed by atoms with E-state index in [4.69, 9.17) is 16.0 Å². The maximum Gasteiger partial charge on any atom is 0.262 e. The Morgan fingerprint density at radius 1 is 1.15 bits per heavy atom. The summed E-state index contributed by atoms with van der Waals surface area (Å²) in [5.74, 6) is 0.997. The van der Waals surface area contributed by atoms with Gasteiger partial charge in [0.25, 0.3) is 10.0 Å². The summed E-state index contributed by atoms with van der Waals surface area (Å²) in [5, 5.41) is 0.545. The van der Waals surface area contributed by atoms with Gasteiger partial charge in [0.05, 0.1) is 10.6 Å². The average molecular weight is 403 g/mol. The van der Waals surface area contributed by atoms with Gasteiger partial charge in [-0.2, -0.15) is 0 Å². The number of sulfonamides is 1. The van der Waals surface area contributed by atoms with Crippen molar-refractivity contribution in [3.63, 3.8) is 0 Å². The topological polar surface area (TPSA) is 72.2 Å². The van der Waals surface area contributed by atoms with Crippen LogP contribution in [0.25, 0.3) is 11.5 Å². The van der Waals surface area contributed by atoms with Gasteiger partial charge in [-0.1, -0.05) is 17.7 Å². The van der Waals surface area contributed by atoms with Gasteiger partial charge in [0.2, 0.25) is 5.89 Å². The number of oxazole rings is 1. The Hall–Kier alpha value is -2.31. The van der Waals surface area contributed by atoms with Crippen LogP contribution in [0, 0.1) is 13.8 Å². The van der Waals surface area contributed by atoms with E-state index in [0.29, 0.717) is 33.6 Å². The van der Waals surface area contributed by atoms with Crippen LogP contribution in [0.1, 0.15) is 35.6 Å². The number of nitrogens with one attached hydrogen (secondary N) is 1. The van der Waals surface area contributed by atoms with Crippen LogP contribution in [0.15, 0.2) is 52.0 Å². The van der Waals surface area contributed by atoms with Crippen molar-refractivity contribution >= 4 is 27.3 Å².